The van der Waals surface area contributed by atoms with Crippen LogP contribution in [0, 0.1) is 5.92 Å². The summed E-state index contributed by atoms with van der Waals surface area (Å²) in [4.78, 5) is 27.6. The predicted octanol–water partition coefficient (Wildman–Crippen LogP) is 6.78. The van der Waals surface area contributed by atoms with Gasteiger partial charge >= 0.3 is 0 Å². The molecule has 1 heterocycles. The number of hydrogen-bond acceptors (Lipinski definition) is 3. The van der Waals surface area contributed by atoms with Crippen LogP contribution in [0.1, 0.15) is 6.42 Å². The summed E-state index contributed by atoms with van der Waals surface area (Å²) in [5.74, 6) is 0.854. The summed E-state index contributed by atoms with van der Waals surface area (Å²) < 4.78 is 6.10. The molecule has 0 bridgehead atoms. The normalized spacial score (nSPS) is 15.4. The Kier molecular flexibility index (Phi) is 5.58. The SMILES string of the molecule is O=C(Nc1ccc(Oc2cccc3ccccc23)cc1)[C@H]1CC(=O)N(c2cccc3ccccc23)C1. The molecule has 1 saturated heterocycles. The average Bonchev–Trinajstić information content (AvgIpc) is 3.31. The first kappa shape index (κ1) is 21.9. The van der Waals surface area contributed by atoms with Crippen molar-refractivity contribution in [2.75, 3.05) is 16.8 Å². The monoisotopic (exact) mass is 472 g/mol. The fourth-order valence-corrected chi connectivity index (χ4v) is 4.82. The van der Waals surface area contributed by atoms with Crippen molar-refractivity contribution in [1.82, 2.24) is 0 Å². The fourth-order valence-electron chi connectivity index (χ4n) is 4.82. The molecule has 0 spiro atoms. The van der Waals surface area contributed by atoms with E-state index in [-0.39, 0.29) is 18.2 Å². The van der Waals surface area contributed by atoms with Gasteiger partial charge in [-0.2, -0.15) is 0 Å². The van der Waals surface area contributed by atoms with Crippen LogP contribution in [-0.4, -0.2) is 18.4 Å². The largest absolute Gasteiger partial charge is 0.457 e. The van der Waals surface area contributed by atoms with Crippen molar-refractivity contribution in [1.29, 1.82) is 0 Å². The molecule has 2 amide bonds. The molecule has 0 saturated carbocycles. The van der Waals surface area contributed by atoms with E-state index < -0.39 is 5.92 Å². The Labute approximate surface area is 208 Å². The highest BCUT2D eigenvalue weighted by atomic mass is 16.5. The number of hydrogen-bond donors (Lipinski definition) is 1. The van der Waals surface area contributed by atoms with E-state index in [1.165, 1.54) is 0 Å². The first-order valence-corrected chi connectivity index (χ1v) is 12.0. The van der Waals surface area contributed by atoms with E-state index in [9.17, 15) is 9.59 Å². The number of nitrogens with one attached hydrogen (secondary N) is 1. The minimum Gasteiger partial charge on any atom is -0.457 e. The van der Waals surface area contributed by atoms with Gasteiger partial charge in [0.15, 0.2) is 0 Å². The first-order valence-electron chi connectivity index (χ1n) is 12.0. The zero-order valence-electron chi connectivity index (χ0n) is 19.6. The number of fused-ring (bicyclic) bond motifs is 2. The van der Waals surface area contributed by atoms with Crippen molar-refractivity contribution < 1.29 is 14.3 Å². The lowest BCUT2D eigenvalue weighted by Gasteiger charge is -2.19. The van der Waals surface area contributed by atoms with Crippen LogP contribution in [0.3, 0.4) is 0 Å². The first-order chi connectivity index (χ1) is 17.7. The van der Waals surface area contributed by atoms with Crippen LogP contribution in [0.4, 0.5) is 11.4 Å². The molecule has 0 aliphatic carbocycles. The van der Waals surface area contributed by atoms with Crippen molar-refractivity contribution >= 4 is 44.7 Å². The van der Waals surface area contributed by atoms with Crippen LogP contribution < -0.4 is 15.0 Å². The highest BCUT2D eigenvalue weighted by Gasteiger charge is 2.35. The topological polar surface area (TPSA) is 58.6 Å². The molecule has 0 aromatic heterocycles. The molecule has 5 aromatic carbocycles. The second-order valence-corrected chi connectivity index (χ2v) is 9.00. The number of amides is 2. The smallest absolute Gasteiger partial charge is 0.229 e. The van der Waals surface area contributed by atoms with E-state index in [1.807, 2.05) is 97.1 Å². The summed E-state index contributed by atoms with van der Waals surface area (Å²) in [6, 6.07) is 35.2. The molecular formula is C31H24N2O3. The van der Waals surface area contributed by atoms with Crippen LogP contribution >= 0.6 is 0 Å². The van der Waals surface area contributed by atoms with Gasteiger partial charge in [0.05, 0.1) is 11.6 Å². The number of ether oxygens (including phenoxy) is 1. The molecule has 5 aromatic rings. The fraction of sp³-hybridized carbons (Fsp3) is 0.0968. The number of benzene rings is 5. The molecule has 1 N–H and O–H groups in total. The molecule has 0 radical (unpaired) electrons. The maximum atomic E-state index is 13.0. The third-order valence-electron chi connectivity index (χ3n) is 6.65. The quantitative estimate of drug-likeness (QED) is 0.307. The van der Waals surface area contributed by atoms with Gasteiger partial charge in [0.25, 0.3) is 0 Å². The third-order valence-corrected chi connectivity index (χ3v) is 6.65. The van der Waals surface area contributed by atoms with Crippen molar-refractivity contribution in [3.05, 3.63) is 109 Å². The number of rotatable bonds is 5. The highest BCUT2D eigenvalue weighted by molar-refractivity contribution is 6.08. The Morgan fingerprint density at radius 1 is 0.750 bits per heavy atom. The van der Waals surface area contributed by atoms with Gasteiger partial charge in [0.2, 0.25) is 11.8 Å². The molecule has 36 heavy (non-hydrogen) atoms. The van der Waals surface area contributed by atoms with Crippen molar-refractivity contribution in [3.8, 4) is 11.5 Å². The van der Waals surface area contributed by atoms with Gasteiger partial charge in [-0.25, -0.2) is 0 Å². The molecule has 1 aliphatic rings. The van der Waals surface area contributed by atoms with Crippen molar-refractivity contribution in [3.63, 3.8) is 0 Å². The van der Waals surface area contributed by atoms with Gasteiger partial charge in [-0.05, 0) is 47.2 Å². The van der Waals surface area contributed by atoms with Crippen LogP contribution in [0.15, 0.2) is 109 Å². The minimum absolute atomic E-state index is 0.0367. The second-order valence-electron chi connectivity index (χ2n) is 9.00. The Bertz CT molecular complexity index is 1580. The zero-order valence-corrected chi connectivity index (χ0v) is 19.6. The summed E-state index contributed by atoms with van der Waals surface area (Å²) in [5.41, 5.74) is 1.52. The van der Waals surface area contributed by atoms with E-state index in [0.29, 0.717) is 18.0 Å². The van der Waals surface area contributed by atoms with Crippen molar-refractivity contribution in [2.24, 2.45) is 5.92 Å². The van der Waals surface area contributed by atoms with E-state index >= 15 is 0 Å². The predicted molar refractivity (Wildman–Crippen MR) is 144 cm³/mol. The highest BCUT2D eigenvalue weighted by Crippen LogP contribution is 2.33. The summed E-state index contributed by atoms with van der Waals surface area (Å²) in [6.07, 6.45) is 0.192. The summed E-state index contributed by atoms with van der Waals surface area (Å²) in [7, 11) is 0. The summed E-state index contributed by atoms with van der Waals surface area (Å²) in [5, 5.41) is 7.20. The van der Waals surface area contributed by atoms with Crippen LogP contribution in [0.2, 0.25) is 0 Å². The summed E-state index contributed by atoms with van der Waals surface area (Å²) >= 11 is 0. The van der Waals surface area contributed by atoms with Crippen molar-refractivity contribution in [2.45, 2.75) is 6.42 Å². The molecular weight excluding hydrogens is 448 g/mol. The number of nitrogens with zero attached hydrogens (tertiary/aromatic N) is 1. The standard InChI is InChI=1S/C31H24N2O3/c34-30-19-23(20-33(30)28-13-5-9-21-7-1-3-11-26(21)28)31(35)32-24-15-17-25(18-16-24)36-29-14-6-10-22-8-2-4-12-27(22)29/h1-18,23H,19-20H2,(H,32,35)/t23-/m0/s1. The minimum atomic E-state index is -0.414. The maximum absolute atomic E-state index is 13.0. The lowest BCUT2D eigenvalue weighted by molar-refractivity contribution is -0.122. The molecule has 1 fully saturated rings. The number of carbonyl (C=O) groups is 2. The van der Waals surface area contributed by atoms with Gasteiger partial charge in [-0.1, -0.05) is 72.8 Å². The van der Waals surface area contributed by atoms with Gasteiger partial charge < -0.3 is 15.0 Å². The molecule has 5 nitrogen and oxygen atoms in total. The lowest BCUT2D eigenvalue weighted by atomic mass is 10.1. The van der Waals surface area contributed by atoms with E-state index in [2.05, 4.69) is 17.4 Å². The van der Waals surface area contributed by atoms with Crippen LogP contribution in [0.5, 0.6) is 11.5 Å². The Morgan fingerprint density at radius 3 is 2.17 bits per heavy atom. The zero-order chi connectivity index (χ0) is 24.5. The molecule has 1 atom stereocenters. The maximum Gasteiger partial charge on any atom is 0.229 e. The molecule has 6 rings (SSSR count). The van der Waals surface area contributed by atoms with Gasteiger partial charge in [0, 0.05) is 29.4 Å². The molecule has 1 aliphatic heterocycles. The van der Waals surface area contributed by atoms with E-state index in [1.54, 1.807) is 4.90 Å². The molecule has 5 heteroatoms. The number of carbonyl (C=O) groups excluding carboxylic acids is 2. The van der Waals surface area contributed by atoms with E-state index in [0.717, 1.165) is 33.0 Å². The Balaban J connectivity index is 1.14. The van der Waals surface area contributed by atoms with Gasteiger partial charge in [-0.15, -0.1) is 0 Å². The average molecular weight is 473 g/mol. The Morgan fingerprint density at radius 2 is 1.39 bits per heavy atom. The van der Waals surface area contributed by atoms with Gasteiger partial charge in [0.1, 0.15) is 11.5 Å². The van der Waals surface area contributed by atoms with E-state index in [4.69, 9.17) is 4.74 Å². The molecule has 176 valence electrons. The third kappa shape index (κ3) is 4.16. The lowest BCUT2D eigenvalue weighted by Crippen LogP contribution is -2.28. The van der Waals surface area contributed by atoms with Crippen LogP contribution in [0.25, 0.3) is 21.5 Å². The summed E-state index contributed by atoms with van der Waals surface area (Å²) in [6.45, 7) is 0.362. The molecule has 0 unspecified atom stereocenters. The number of anilines is 2. The Hall–Kier alpha value is -4.64. The second kappa shape index (κ2) is 9.19. The van der Waals surface area contributed by atoms with Crippen LogP contribution in [-0.2, 0) is 9.59 Å². The van der Waals surface area contributed by atoms with Gasteiger partial charge in [-0.3, -0.25) is 9.59 Å².